The van der Waals surface area contributed by atoms with Crippen molar-refractivity contribution in [1.82, 2.24) is 0 Å². The van der Waals surface area contributed by atoms with E-state index in [9.17, 15) is 0 Å². The molecule has 1 aliphatic heterocycles. The van der Waals surface area contributed by atoms with Gasteiger partial charge in [0.2, 0.25) is 0 Å². The molecule has 0 radical (unpaired) electrons. The van der Waals surface area contributed by atoms with E-state index in [4.69, 9.17) is 9.31 Å². The minimum atomic E-state index is -0.363. The first-order valence-corrected chi connectivity index (χ1v) is 6.56. The minimum absolute atomic E-state index is 0.333. The average molecular weight is 256 g/mol. The second-order valence-electron chi connectivity index (χ2n) is 5.85. The Bertz CT molecular complexity index is 501. The summed E-state index contributed by atoms with van der Waals surface area (Å²) in [5.74, 6) is 0. The second kappa shape index (κ2) is 4.66. The zero-order chi connectivity index (χ0) is 14.3. The fraction of sp³-hybridized carbons (Fsp3) is 0.375. The quantitative estimate of drug-likeness (QED) is 0.773. The Morgan fingerprint density at radius 2 is 1.58 bits per heavy atom. The van der Waals surface area contributed by atoms with Gasteiger partial charge < -0.3 is 9.31 Å². The van der Waals surface area contributed by atoms with Crippen LogP contribution in [0.5, 0.6) is 0 Å². The number of hydrogen-bond acceptors (Lipinski definition) is 2. The molecule has 19 heavy (non-hydrogen) atoms. The molecule has 1 heterocycles. The van der Waals surface area contributed by atoms with Gasteiger partial charge in [-0.2, -0.15) is 0 Å². The van der Waals surface area contributed by atoms with Crippen molar-refractivity contribution in [2.45, 2.75) is 38.9 Å². The highest BCUT2D eigenvalue weighted by Crippen LogP contribution is 2.36. The molecule has 1 saturated heterocycles. The highest BCUT2D eigenvalue weighted by atomic mass is 16.7. The van der Waals surface area contributed by atoms with E-state index in [0.717, 1.165) is 16.6 Å². The zero-order valence-electron chi connectivity index (χ0n) is 12.2. The third-order valence-corrected chi connectivity index (χ3v) is 4.10. The fourth-order valence-electron chi connectivity index (χ4n) is 2.19. The van der Waals surface area contributed by atoms with E-state index < -0.39 is 0 Å². The topological polar surface area (TPSA) is 18.5 Å². The Morgan fingerprint density at radius 3 is 2.05 bits per heavy atom. The Kier molecular flexibility index (Phi) is 3.46. The van der Waals surface area contributed by atoms with E-state index in [1.165, 1.54) is 0 Å². The Morgan fingerprint density at radius 1 is 1.00 bits per heavy atom. The highest BCUT2D eigenvalue weighted by Gasteiger charge is 2.52. The largest absolute Gasteiger partial charge is 0.495 e. The van der Waals surface area contributed by atoms with Crippen molar-refractivity contribution in [3.05, 3.63) is 42.5 Å². The third kappa shape index (κ3) is 2.28. The third-order valence-electron chi connectivity index (χ3n) is 4.10. The molecule has 1 aromatic rings. The van der Waals surface area contributed by atoms with Crippen LogP contribution in [0.2, 0.25) is 0 Å². The maximum Gasteiger partial charge on any atom is 0.495 e. The van der Waals surface area contributed by atoms with Crippen molar-refractivity contribution in [3.8, 4) is 0 Å². The predicted molar refractivity (Wildman–Crippen MR) is 82.3 cm³/mol. The lowest BCUT2D eigenvalue weighted by molar-refractivity contribution is 0.00578. The van der Waals surface area contributed by atoms with E-state index >= 15 is 0 Å². The van der Waals surface area contributed by atoms with Crippen LogP contribution < -0.4 is 5.46 Å². The highest BCUT2D eigenvalue weighted by molar-refractivity contribution is 6.63. The standard InChI is InChI=1S/C16H21BO2/c1-7-12-10-9-11-14(13(12)8-2)17-18-15(3,4)16(5,6)19-17/h7-11H,1-2H2,3-6H3. The first-order valence-electron chi connectivity index (χ1n) is 6.56. The lowest BCUT2D eigenvalue weighted by Gasteiger charge is -2.32. The molecule has 0 aliphatic carbocycles. The number of rotatable bonds is 3. The summed E-state index contributed by atoms with van der Waals surface area (Å²) in [6, 6.07) is 6.02. The minimum Gasteiger partial charge on any atom is -0.399 e. The van der Waals surface area contributed by atoms with Crippen LogP contribution in [0, 0.1) is 0 Å². The van der Waals surface area contributed by atoms with E-state index in [1.807, 2.05) is 30.4 Å². The van der Waals surface area contributed by atoms with E-state index in [-0.39, 0.29) is 18.3 Å². The van der Waals surface area contributed by atoms with Gasteiger partial charge in [0.15, 0.2) is 0 Å². The summed E-state index contributed by atoms with van der Waals surface area (Å²) in [6.07, 6.45) is 3.66. The smallest absolute Gasteiger partial charge is 0.399 e. The van der Waals surface area contributed by atoms with Crippen molar-refractivity contribution in [3.63, 3.8) is 0 Å². The first kappa shape index (κ1) is 14.1. The second-order valence-corrected chi connectivity index (χ2v) is 5.85. The number of hydrogen-bond donors (Lipinski definition) is 0. The van der Waals surface area contributed by atoms with Crippen LogP contribution in [0.25, 0.3) is 12.2 Å². The summed E-state index contributed by atoms with van der Waals surface area (Å²) in [6.45, 7) is 15.9. The van der Waals surface area contributed by atoms with Gasteiger partial charge in [-0.25, -0.2) is 0 Å². The summed E-state index contributed by atoms with van der Waals surface area (Å²) >= 11 is 0. The van der Waals surface area contributed by atoms with Crippen LogP contribution in [-0.2, 0) is 9.31 Å². The summed E-state index contributed by atoms with van der Waals surface area (Å²) in [7, 11) is -0.363. The van der Waals surface area contributed by atoms with Gasteiger partial charge in [0, 0.05) is 0 Å². The molecule has 1 fully saturated rings. The van der Waals surface area contributed by atoms with E-state index in [0.29, 0.717) is 0 Å². The van der Waals surface area contributed by atoms with Crippen molar-refractivity contribution < 1.29 is 9.31 Å². The summed E-state index contributed by atoms with van der Waals surface area (Å²) in [4.78, 5) is 0. The first-order chi connectivity index (χ1) is 8.82. The molecule has 1 aromatic carbocycles. The zero-order valence-corrected chi connectivity index (χ0v) is 12.2. The molecule has 2 nitrogen and oxygen atoms in total. The van der Waals surface area contributed by atoms with Gasteiger partial charge >= 0.3 is 7.12 Å². The molecule has 0 N–H and O–H groups in total. The fourth-order valence-corrected chi connectivity index (χ4v) is 2.19. The summed E-state index contributed by atoms with van der Waals surface area (Å²) in [5.41, 5.74) is 2.41. The lowest BCUT2D eigenvalue weighted by atomic mass is 9.74. The Labute approximate surface area is 116 Å². The summed E-state index contributed by atoms with van der Waals surface area (Å²) < 4.78 is 12.2. The van der Waals surface area contributed by atoms with Crippen molar-refractivity contribution in [1.29, 1.82) is 0 Å². The van der Waals surface area contributed by atoms with Gasteiger partial charge in [0.25, 0.3) is 0 Å². The Balaban J connectivity index is 2.45. The predicted octanol–water partition coefficient (Wildman–Crippen LogP) is 3.27. The van der Waals surface area contributed by atoms with Crippen LogP contribution >= 0.6 is 0 Å². The molecule has 0 saturated carbocycles. The molecule has 0 spiro atoms. The maximum atomic E-state index is 6.09. The van der Waals surface area contributed by atoms with E-state index in [2.05, 4.69) is 40.9 Å². The molecule has 0 amide bonds. The molecule has 3 heteroatoms. The number of benzene rings is 1. The maximum absolute atomic E-state index is 6.09. The van der Waals surface area contributed by atoms with Crippen molar-refractivity contribution in [2.24, 2.45) is 0 Å². The average Bonchev–Trinajstić information content (AvgIpc) is 2.57. The molecule has 0 atom stereocenters. The van der Waals surface area contributed by atoms with Gasteiger partial charge in [0.05, 0.1) is 11.2 Å². The normalized spacial score (nSPS) is 20.3. The van der Waals surface area contributed by atoms with Crippen LogP contribution in [0.1, 0.15) is 38.8 Å². The monoisotopic (exact) mass is 256 g/mol. The van der Waals surface area contributed by atoms with Gasteiger partial charge in [-0.05, 0) is 44.3 Å². The van der Waals surface area contributed by atoms with Crippen LogP contribution in [-0.4, -0.2) is 18.3 Å². The molecule has 0 unspecified atom stereocenters. The Hall–Kier alpha value is -1.32. The molecule has 100 valence electrons. The molecular weight excluding hydrogens is 235 g/mol. The van der Waals surface area contributed by atoms with Crippen LogP contribution in [0.3, 0.4) is 0 Å². The van der Waals surface area contributed by atoms with Gasteiger partial charge in [0.1, 0.15) is 0 Å². The molecule has 2 rings (SSSR count). The van der Waals surface area contributed by atoms with Crippen molar-refractivity contribution in [2.75, 3.05) is 0 Å². The molecule has 1 aliphatic rings. The van der Waals surface area contributed by atoms with Gasteiger partial charge in [-0.1, -0.05) is 43.5 Å². The van der Waals surface area contributed by atoms with Crippen molar-refractivity contribution >= 4 is 24.7 Å². The van der Waals surface area contributed by atoms with Gasteiger partial charge in [-0.3, -0.25) is 0 Å². The molecular formula is C16H21BO2. The van der Waals surface area contributed by atoms with Crippen LogP contribution in [0.4, 0.5) is 0 Å². The van der Waals surface area contributed by atoms with Crippen LogP contribution in [0.15, 0.2) is 31.4 Å². The SMILES string of the molecule is C=Cc1cccc(B2OC(C)(C)C(C)(C)O2)c1C=C. The lowest BCUT2D eigenvalue weighted by Crippen LogP contribution is -2.41. The van der Waals surface area contributed by atoms with E-state index in [1.54, 1.807) is 0 Å². The molecule has 0 aromatic heterocycles. The van der Waals surface area contributed by atoms with Gasteiger partial charge in [-0.15, -0.1) is 0 Å². The molecule has 0 bridgehead atoms. The summed E-state index contributed by atoms with van der Waals surface area (Å²) in [5, 5.41) is 0.